The van der Waals surface area contributed by atoms with Gasteiger partial charge in [0.2, 0.25) is 11.8 Å². The number of amides is 2. The van der Waals surface area contributed by atoms with Crippen molar-refractivity contribution in [2.75, 3.05) is 51.1 Å². The molecule has 0 saturated carbocycles. The fourth-order valence-corrected chi connectivity index (χ4v) is 3.97. The minimum Gasteiger partial charge on any atom is -0.339 e. The van der Waals surface area contributed by atoms with Crippen LogP contribution in [0.3, 0.4) is 0 Å². The van der Waals surface area contributed by atoms with Crippen molar-refractivity contribution in [3.8, 4) is 0 Å². The van der Waals surface area contributed by atoms with Gasteiger partial charge in [0.1, 0.15) is 5.82 Å². The molecule has 154 valence electrons. The quantitative estimate of drug-likeness (QED) is 0.809. The second kappa shape index (κ2) is 9.98. The first kappa shape index (κ1) is 20.7. The summed E-state index contributed by atoms with van der Waals surface area (Å²) in [6.45, 7) is 7.61. The Hall–Kier alpha value is -1.99. The highest BCUT2D eigenvalue weighted by Crippen LogP contribution is 2.17. The van der Waals surface area contributed by atoms with Crippen LogP contribution in [-0.2, 0) is 9.59 Å². The molecule has 2 aliphatic rings. The van der Waals surface area contributed by atoms with E-state index in [4.69, 9.17) is 0 Å². The van der Waals surface area contributed by atoms with E-state index < -0.39 is 0 Å². The van der Waals surface area contributed by atoms with Crippen LogP contribution in [0.5, 0.6) is 0 Å². The van der Waals surface area contributed by atoms with Crippen LogP contribution >= 0.6 is 0 Å². The van der Waals surface area contributed by atoms with Crippen LogP contribution in [0.15, 0.2) is 24.3 Å². The second-order valence-corrected chi connectivity index (χ2v) is 7.86. The van der Waals surface area contributed by atoms with Crippen LogP contribution < -0.4 is 5.32 Å². The Labute approximate surface area is 166 Å². The predicted octanol–water partition coefficient (Wildman–Crippen LogP) is 2.17. The lowest BCUT2D eigenvalue weighted by atomic mass is 10.0. The average Bonchev–Trinajstić information content (AvgIpc) is 2.68. The number of nitrogens with one attached hydrogen (secondary N) is 1. The fourth-order valence-electron chi connectivity index (χ4n) is 3.97. The zero-order chi connectivity index (χ0) is 19.9. The van der Waals surface area contributed by atoms with Crippen molar-refractivity contribution in [2.24, 2.45) is 0 Å². The SMILES string of the molecule is CC1CCCCN1C(=O)CN1CCN(CCC(=O)Nc2cccc(F)c2)CC1. The molecule has 0 radical (unpaired) electrons. The number of halogens is 1. The lowest BCUT2D eigenvalue weighted by Gasteiger charge is -2.38. The molecule has 0 aliphatic carbocycles. The summed E-state index contributed by atoms with van der Waals surface area (Å²) in [7, 11) is 0. The van der Waals surface area contributed by atoms with Gasteiger partial charge in [-0.05, 0) is 44.4 Å². The van der Waals surface area contributed by atoms with Crippen molar-refractivity contribution >= 4 is 17.5 Å². The van der Waals surface area contributed by atoms with Gasteiger partial charge in [0.25, 0.3) is 0 Å². The minimum absolute atomic E-state index is 0.109. The summed E-state index contributed by atoms with van der Waals surface area (Å²) in [6, 6.07) is 6.29. The summed E-state index contributed by atoms with van der Waals surface area (Å²) in [5.74, 6) is -0.222. The summed E-state index contributed by atoms with van der Waals surface area (Å²) in [5.41, 5.74) is 0.486. The van der Waals surface area contributed by atoms with Crippen molar-refractivity contribution in [3.63, 3.8) is 0 Å². The first-order chi connectivity index (χ1) is 13.5. The molecule has 1 unspecified atom stereocenters. The third-order valence-electron chi connectivity index (χ3n) is 5.71. The highest BCUT2D eigenvalue weighted by atomic mass is 19.1. The van der Waals surface area contributed by atoms with E-state index in [-0.39, 0.29) is 17.6 Å². The Balaban J connectivity index is 1.35. The lowest BCUT2D eigenvalue weighted by molar-refractivity contribution is -0.136. The Bertz CT molecular complexity index is 676. The number of anilines is 1. The normalized spacial score (nSPS) is 21.5. The molecule has 7 heteroatoms. The Morgan fingerprint density at radius 1 is 1.11 bits per heavy atom. The van der Waals surface area contributed by atoms with Gasteiger partial charge in [-0.1, -0.05) is 6.07 Å². The van der Waals surface area contributed by atoms with Crippen LogP contribution in [0.1, 0.15) is 32.6 Å². The van der Waals surface area contributed by atoms with Crippen LogP contribution in [-0.4, -0.2) is 78.4 Å². The van der Waals surface area contributed by atoms with Gasteiger partial charge in [-0.3, -0.25) is 14.5 Å². The van der Waals surface area contributed by atoms with Crippen molar-refractivity contribution in [1.82, 2.24) is 14.7 Å². The molecule has 0 bridgehead atoms. The van der Waals surface area contributed by atoms with Crippen molar-refractivity contribution in [3.05, 3.63) is 30.1 Å². The highest BCUT2D eigenvalue weighted by Gasteiger charge is 2.26. The molecule has 1 aromatic rings. The monoisotopic (exact) mass is 390 g/mol. The molecule has 2 fully saturated rings. The van der Waals surface area contributed by atoms with Gasteiger partial charge in [-0.15, -0.1) is 0 Å². The number of rotatable bonds is 6. The molecule has 28 heavy (non-hydrogen) atoms. The van der Waals surface area contributed by atoms with Gasteiger partial charge in [0.15, 0.2) is 0 Å². The smallest absolute Gasteiger partial charge is 0.236 e. The van der Waals surface area contributed by atoms with Crippen LogP contribution in [0.25, 0.3) is 0 Å². The van der Waals surface area contributed by atoms with Crippen LogP contribution in [0, 0.1) is 5.82 Å². The highest BCUT2D eigenvalue weighted by molar-refractivity contribution is 5.90. The largest absolute Gasteiger partial charge is 0.339 e. The van der Waals surface area contributed by atoms with Crippen molar-refractivity contribution < 1.29 is 14.0 Å². The molecule has 2 aliphatic heterocycles. The standard InChI is InChI=1S/C21H31FN4O2/c1-17-5-2-3-9-26(17)21(28)16-25-13-11-24(12-14-25)10-8-20(27)23-19-7-4-6-18(22)15-19/h4,6-7,15,17H,2-3,5,8-14,16H2,1H3,(H,23,27). The third-order valence-corrected chi connectivity index (χ3v) is 5.71. The topological polar surface area (TPSA) is 55.9 Å². The zero-order valence-electron chi connectivity index (χ0n) is 16.7. The van der Waals surface area contributed by atoms with Crippen LogP contribution in [0.4, 0.5) is 10.1 Å². The van der Waals surface area contributed by atoms with Gasteiger partial charge in [0.05, 0.1) is 6.54 Å². The molecule has 6 nitrogen and oxygen atoms in total. The van der Waals surface area contributed by atoms with E-state index in [1.165, 1.54) is 18.6 Å². The van der Waals surface area contributed by atoms with E-state index in [0.717, 1.165) is 45.6 Å². The first-order valence-corrected chi connectivity index (χ1v) is 10.3. The number of hydrogen-bond acceptors (Lipinski definition) is 4. The molecule has 3 rings (SSSR count). The minimum atomic E-state index is -0.359. The number of likely N-dealkylation sites (tertiary alicyclic amines) is 1. The molecule has 2 heterocycles. The number of piperazine rings is 1. The summed E-state index contributed by atoms with van der Waals surface area (Å²) < 4.78 is 13.2. The molecule has 1 aromatic carbocycles. The van der Waals surface area contributed by atoms with E-state index in [9.17, 15) is 14.0 Å². The Kier molecular flexibility index (Phi) is 7.39. The second-order valence-electron chi connectivity index (χ2n) is 7.86. The van der Waals surface area contributed by atoms with Crippen LogP contribution in [0.2, 0.25) is 0 Å². The molecular formula is C21H31FN4O2. The number of carbonyl (C=O) groups is 2. The number of nitrogens with zero attached hydrogens (tertiary/aromatic N) is 3. The summed E-state index contributed by atoms with van der Waals surface area (Å²) in [6.07, 6.45) is 3.82. The molecule has 1 N–H and O–H groups in total. The number of benzene rings is 1. The van der Waals surface area contributed by atoms with E-state index in [2.05, 4.69) is 22.0 Å². The maximum absolute atomic E-state index is 13.2. The van der Waals surface area contributed by atoms with E-state index >= 15 is 0 Å². The lowest BCUT2D eigenvalue weighted by Crippen LogP contribution is -2.52. The summed E-state index contributed by atoms with van der Waals surface area (Å²) >= 11 is 0. The molecular weight excluding hydrogens is 359 g/mol. The summed E-state index contributed by atoms with van der Waals surface area (Å²) in [5, 5.41) is 2.73. The number of carbonyl (C=O) groups excluding carboxylic acids is 2. The van der Waals surface area contributed by atoms with Gasteiger partial charge >= 0.3 is 0 Å². The van der Waals surface area contributed by atoms with Gasteiger partial charge in [0, 0.05) is 57.4 Å². The maximum atomic E-state index is 13.2. The molecule has 0 spiro atoms. The van der Waals surface area contributed by atoms with Crippen molar-refractivity contribution in [2.45, 2.75) is 38.6 Å². The molecule has 1 atom stereocenters. The number of piperidine rings is 1. The first-order valence-electron chi connectivity index (χ1n) is 10.3. The summed E-state index contributed by atoms with van der Waals surface area (Å²) in [4.78, 5) is 31.1. The van der Waals surface area contributed by atoms with Gasteiger partial charge in [-0.25, -0.2) is 4.39 Å². The molecule has 0 aromatic heterocycles. The zero-order valence-corrected chi connectivity index (χ0v) is 16.7. The van der Waals surface area contributed by atoms with Crippen molar-refractivity contribution in [1.29, 1.82) is 0 Å². The molecule has 2 amide bonds. The Morgan fingerprint density at radius 3 is 2.57 bits per heavy atom. The Morgan fingerprint density at radius 2 is 1.86 bits per heavy atom. The predicted molar refractivity (Wildman–Crippen MR) is 108 cm³/mol. The molecule has 2 saturated heterocycles. The van der Waals surface area contributed by atoms with Gasteiger partial charge in [-0.2, -0.15) is 0 Å². The fraction of sp³-hybridized carbons (Fsp3) is 0.619. The van der Waals surface area contributed by atoms with Gasteiger partial charge < -0.3 is 15.1 Å². The average molecular weight is 391 g/mol. The maximum Gasteiger partial charge on any atom is 0.236 e. The third kappa shape index (κ3) is 6.01. The number of hydrogen-bond donors (Lipinski definition) is 1. The van der Waals surface area contributed by atoms with E-state index in [1.54, 1.807) is 12.1 Å². The van der Waals surface area contributed by atoms with E-state index in [1.807, 2.05) is 4.90 Å². The van der Waals surface area contributed by atoms with E-state index in [0.29, 0.717) is 31.2 Å².